The van der Waals surface area contributed by atoms with Gasteiger partial charge >= 0.3 is 0 Å². The van der Waals surface area contributed by atoms with Crippen molar-refractivity contribution in [2.75, 3.05) is 6.54 Å². The third-order valence-electron chi connectivity index (χ3n) is 3.91. The minimum Gasteiger partial charge on any atom is -0.336 e. The molecule has 0 bridgehead atoms. The zero-order chi connectivity index (χ0) is 12.4. The van der Waals surface area contributed by atoms with Crippen LogP contribution in [0.4, 0.5) is 0 Å². The van der Waals surface area contributed by atoms with Crippen molar-refractivity contribution >= 4 is 5.91 Å². The Hall–Kier alpha value is -1.31. The van der Waals surface area contributed by atoms with Crippen molar-refractivity contribution < 1.29 is 4.79 Å². The topological polar surface area (TPSA) is 20.3 Å². The maximum atomic E-state index is 11.7. The fraction of sp³-hybridized carbons (Fsp3) is 0.533. The number of carbonyl (C=O) groups excluding carboxylic acids is 1. The number of nitrogens with zero attached hydrogens (tertiary/aromatic N) is 1. The number of hydrogen-bond acceptors (Lipinski definition) is 1. The van der Waals surface area contributed by atoms with E-state index in [0.717, 1.165) is 19.4 Å². The summed E-state index contributed by atoms with van der Waals surface area (Å²) in [7, 11) is 0. The van der Waals surface area contributed by atoms with E-state index in [1.807, 2.05) is 4.90 Å². The third-order valence-corrected chi connectivity index (χ3v) is 3.91. The number of aryl methyl sites for hydroxylation is 1. The Morgan fingerprint density at radius 3 is 2.76 bits per heavy atom. The lowest BCUT2D eigenvalue weighted by molar-refractivity contribution is -0.132. The fourth-order valence-corrected chi connectivity index (χ4v) is 2.77. The highest BCUT2D eigenvalue weighted by atomic mass is 16.2. The third kappa shape index (κ3) is 2.36. The second-order valence-electron chi connectivity index (χ2n) is 5.01. The molecular formula is C15H21NO. The Kier molecular flexibility index (Phi) is 3.51. The number of likely N-dealkylation sites (tertiary alicyclic amines) is 1. The molecule has 2 heteroatoms. The van der Waals surface area contributed by atoms with Crippen LogP contribution in [0.5, 0.6) is 0 Å². The van der Waals surface area contributed by atoms with Crippen LogP contribution in [0.2, 0.25) is 0 Å². The molecule has 0 saturated carbocycles. The molecule has 2 rings (SSSR count). The molecule has 1 amide bonds. The summed E-state index contributed by atoms with van der Waals surface area (Å²) >= 11 is 0. The highest BCUT2D eigenvalue weighted by molar-refractivity contribution is 5.74. The van der Waals surface area contributed by atoms with Gasteiger partial charge in [-0.1, -0.05) is 18.2 Å². The molecule has 1 aromatic carbocycles. The van der Waals surface area contributed by atoms with Crippen molar-refractivity contribution in [3.8, 4) is 0 Å². The van der Waals surface area contributed by atoms with Gasteiger partial charge in [0, 0.05) is 13.5 Å². The van der Waals surface area contributed by atoms with Crippen molar-refractivity contribution in [3.63, 3.8) is 0 Å². The van der Waals surface area contributed by atoms with E-state index in [4.69, 9.17) is 0 Å². The van der Waals surface area contributed by atoms with E-state index < -0.39 is 0 Å². The van der Waals surface area contributed by atoms with Crippen LogP contribution in [-0.2, 0) is 4.79 Å². The van der Waals surface area contributed by atoms with Crippen LogP contribution in [0.25, 0.3) is 0 Å². The van der Waals surface area contributed by atoms with Gasteiger partial charge in [0.2, 0.25) is 5.91 Å². The van der Waals surface area contributed by atoms with Gasteiger partial charge in [-0.2, -0.15) is 0 Å². The van der Waals surface area contributed by atoms with Gasteiger partial charge in [0.25, 0.3) is 0 Å². The molecular weight excluding hydrogens is 210 g/mol. The van der Waals surface area contributed by atoms with Crippen molar-refractivity contribution in [2.45, 2.75) is 46.1 Å². The van der Waals surface area contributed by atoms with Crippen LogP contribution in [0.3, 0.4) is 0 Å². The number of rotatable bonds is 1. The molecule has 1 aliphatic rings. The van der Waals surface area contributed by atoms with Gasteiger partial charge in [-0.05, 0) is 49.8 Å². The van der Waals surface area contributed by atoms with Crippen LogP contribution in [0.15, 0.2) is 18.2 Å². The lowest BCUT2D eigenvalue weighted by Crippen LogP contribution is -2.37. The average molecular weight is 231 g/mol. The Morgan fingerprint density at radius 2 is 2.06 bits per heavy atom. The molecule has 1 heterocycles. The summed E-state index contributed by atoms with van der Waals surface area (Å²) in [6.07, 6.45) is 3.46. The Labute approximate surface area is 104 Å². The summed E-state index contributed by atoms with van der Waals surface area (Å²) in [5.74, 6) is 0.204. The van der Waals surface area contributed by atoms with Crippen LogP contribution in [0, 0.1) is 13.8 Å². The Morgan fingerprint density at radius 1 is 1.29 bits per heavy atom. The molecule has 1 unspecified atom stereocenters. The first-order valence-corrected chi connectivity index (χ1v) is 6.44. The van der Waals surface area contributed by atoms with Gasteiger partial charge in [-0.15, -0.1) is 0 Å². The zero-order valence-corrected chi connectivity index (χ0v) is 11.0. The van der Waals surface area contributed by atoms with Gasteiger partial charge < -0.3 is 4.90 Å². The second-order valence-corrected chi connectivity index (χ2v) is 5.01. The highest BCUT2D eigenvalue weighted by Gasteiger charge is 2.26. The summed E-state index contributed by atoms with van der Waals surface area (Å²) in [5.41, 5.74) is 3.99. The fourth-order valence-electron chi connectivity index (χ4n) is 2.77. The molecule has 1 fully saturated rings. The lowest BCUT2D eigenvalue weighted by atomic mass is 9.90. The predicted molar refractivity (Wildman–Crippen MR) is 69.9 cm³/mol. The van der Waals surface area contributed by atoms with E-state index in [0.29, 0.717) is 6.04 Å². The number of amides is 1. The Balaban J connectivity index is 2.36. The second kappa shape index (κ2) is 4.91. The van der Waals surface area contributed by atoms with E-state index >= 15 is 0 Å². The zero-order valence-electron chi connectivity index (χ0n) is 11.0. The molecule has 17 heavy (non-hydrogen) atoms. The van der Waals surface area contributed by atoms with Crippen molar-refractivity contribution in [1.82, 2.24) is 4.90 Å². The maximum Gasteiger partial charge on any atom is 0.219 e. The monoisotopic (exact) mass is 231 g/mol. The summed E-state index contributed by atoms with van der Waals surface area (Å²) in [5, 5.41) is 0. The molecule has 1 aliphatic heterocycles. The SMILES string of the molecule is CC(=O)N1CCCCC1c1cccc(C)c1C. The number of piperidine rings is 1. The van der Waals surface area contributed by atoms with Gasteiger partial charge in [-0.25, -0.2) is 0 Å². The van der Waals surface area contributed by atoms with Crippen molar-refractivity contribution in [1.29, 1.82) is 0 Å². The van der Waals surface area contributed by atoms with Crippen LogP contribution >= 0.6 is 0 Å². The minimum absolute atomic E-state index is 0.204. The number of benzene rings is 1. The van der Waals surface area contributed by atoms with Crippen molar-refractivity contribution in [3.05, 3.63) is 34.9 Å². The average Bonchev–Trinajstić information content (AvgIpc) is 2.33. The van der Waals surface area contributed by atoms with Gasteiger partial charge in [0.1, 0.15) is 0 Å². The molecule has 92 valence electrons. The van der Waals surface area contributed by atoms with Crippen molar-refractivity contribution in [2.24, 2.45) is 0 Å². The highest BCUT2D eigenvalue weighted by Crippen LogP contribution is 2.33. The molecule has 0 aromatic heterocycles. The molecule has 0 radical (unpaired) electrons. The standard InChI is InChI=1S/C15H21NO/c1-11-7-6-8-14(12(11)2)15-9-4-5-10-16(15)13(3)17/h6-8,15H,4-5,9-10H2,1-3H3. The first kappa shape index (κ1) is 12.2. The molecule has 1 aromatic rings. The van der Waals surface area contributed by atoms with E-state index in [1.165, 1.54) is 23.1 Å². The molecule has 0 N–H and O–H groups in total. The largest absolute Gasteiger partial charge is 0.336 e. The Bertz CT molecular complexity index is 425. The lowest BCUT2D eigenvalue weighted by Gasteiger charge is -2.36. The summed E-state index contributed by atoms with van der Waals surface area (Å²) in [6.45, 7) is 6.90. The quantitative estimate of drug-likeness (QED) is 0.725. The molecule has 1 atom stereocenters. The van der Waals surface area contributed by atoms with E-state index in [2.05, 4.69) is 32.0 Å². The van der Waals surface area contributed by atoms with Gasteiger partial charge in [0.15, 0.2) is 0 Å². The minimum atomic E-state index is 0.204. The van der Waals surface area contributed by atoms with E-state index in [9.17, 15) is 4.79 Å². The van der Waals surface area contributed by atoms with Gasteiger partial charge in [-0.3, -0.25) is 4.79 Å². The summed E-state index contributed by atoms with van der Waals surface area (Å²) in [6, 6.07) is 6.71. The maximum absolute atomic E-state index is 11.7. The predicted octanol–water partition coefficient (Wildman–Crippen LogP) is 3.38. The smallest absolute Gasteiger partial charge is 0.219 e. The molecule has 0 spiro atoms. The molecule has 0 aliphatic carbocycles. The first-order chi connectivity index (χ1) is 8.11. The van der Waals surface area contributed by atoms with Crippen LogP contribution in [0.1, 0.15) is 48.9 Å². The van der Waals surface area contributed by atoms with Crippen LogP contribution in [-0.4, -0.2) is 17.4 Å². The van der Waals surface area contributed by atoms with E-state index in [1.54, 1.807) is 6.92 Å². The summed E-state index contributed by atoms with van der Waals surface area (Å²) < 4.78 is 0. The first-order valence-electron chi connectivity index (χ1n) is 6.44. The van der Waals surface area contributed by atoms with E-state index in [-0.39, 0.29) is 5.91 Å². The van der Waals surface area contributed by atoms with Gasteiger partial charge in [0.05, 0.1) is 6.04 Å². The van der Waals surface area contributed by atoms with Crippen LogP contribution < -0.4 is 0 Å². The molecule has 2 nitrogen and oxygen atoms in total. The summed E-state index contributed by atoms with van der Waals surface area (Å²) in [4.78, 5) is 13.7. The number of carbonyl (C=O) groups is 1. The molecule has 1 saturated heterocycles. The normalized spacial score (nSPS) is 20.4. The number of hydrogen-bond donors (Lipinski definition) is 0.